The van der Waals surface area contributed by atoms with Gasteiger partial charge in [0.05, 0.1) is 17.7 Å². The van der Waals surface area contributed by atoms with Crippen molar-refractivity contribution < 1.29 is 37.4 Å². The van der Waals surface area contributed by atoms with E-state index in [2.05, 4.69) is 10.3 Å². The molecule has 10 nitrogen and oxygen atoms in total. The summed E-state index contributed by atoms with van der Waals surface area (Å²) in [5.74, 6) is -5.05. The number of esters is 1. The number of hydrogen-bond donors (Lipinski definition) is 2. The number of carbonyl (C=O) groups excluding carboxylic acids is 2. The van der Waals surface area contributed by atoms with Gasteiger partial charge in [-0.25, -0.2) is 27.7 Å². The fraction of sp³-hybridized carbons (Fsp3) is 0.364. The maximum Gasteiger partial charge on any atom is 0.338 e. The fourth-order valence-corrected chi connectivity index (χ4v) is 7.08. The molecule has 3 aliphatic heterocycles. The van der Waals surface area contributed by atoms with E-state index in [1.165, 1.54) is 35.3 Å². The number of thiazole rings is 1. The standard InChI is InChI=1S/C33H32F3N5O5S/c1-4-46-31(44)25-24(38-28(29-37-10-12-47-29)39-27(25)21-7-8-23(34)26(35)18(21)3)16-40-11-9-33(36)19(14-40)15-41(32(33)45)20-6-5-17(2)22(13-20)30(42)43/h5-8,10,12-13,19,27H,4,9,11,14-16H2,1-3H3,(H,38,39)(H,42,43)/t19-,27-,33+/m0/s1. The summed E-state index contributed by atoms with van der Waals surface area (Å²) in [6.07, 6.45) is 1.47. The highest BCUT2D eigenvalue weighted by molar-refractivity contribution is 7.11. The zero-order valence-corrected chi connectivity index (χ0v) is 26.7. The molecule has 1 aromatic heterocycles. The molecule has 1 amide bonds. The van der Waals surface area contributed by atoms with Crippen molar-refractivity contribution >= 4 is 40.7 Å². The lowest BCUT2D eigenvalue weighted by Crippen LogP contribution is -2.52. The Balaban J connectivity index is 1.34. The lowest BCUT2D eigenvalue weighted by Gasteiger charge is -2.38. The normalized spacial score (nSPS) is 23.0. The van der Waals surface area contributed by atoms with Gasteiger partial charge in [-0.3, -0.25) is 14.7 Å². The summed E-state index contributed by atoms with van der Waals surface area (Å²) >= 11 is 1.30. The number of carboxylic acids is 1. The monoisotopic (exact) mass is 667 g/mol. The summed E-state index contributed by atoms with van der Waals surface area (Å²) in [5, 5.41) is 15.1. The molecule has 2 fully saturated rings. The first-order valence-corrected chi connectivity index (χ1v) is 16.0. The van der Waals surface area contributed by atoms with E-state index in [-0.39, 0.29) is 61.5 Å². The third-order valence-corrected chi connectivity index (χ3v) is 9.78. The Labute approximate surface area is 272 Å². The second-order valence-electron chi connectivity index (χ2n) is 11.8. The van der Waals surface area contributed by atoms with Crippen LogP contribution in [-0.2, 0) is 14.3 Å². The van der Waals surface area contributed by atoms with Crippen LogP contribution in [0.2, 0.25) is 0 Å². The first-order valence-electron chi connectivity index (χ1n) is 15.1. The number of hydrogen-bond acceptors (Lipinski definition) is 9. The highest BCUT2D eigenvalue weighted by Gasteiger charge is 2.57. The van der Waals surface area contributed by atoms with E-state index in [1.54, 1.807) is 37.6 Å². The minimum absolute atomic E-state index is 0.00723. The summed E-state index contributed by atoms with van der Waals surface area (Å²) in [7, 11) is 0. The van der Waals surface area contributed by atoms with Crippen molar-refractivity contribution in [3.63, 3.8) is 0 Å². The van der Waals surface area contributed by atoms with Crippen LogP contribution in [0, 0.1) is 31.4 Å². The predicted octanol–water partition coefficient (Wildman–Crippen LogP) is 4.72. The van der Waals surface area contributed by atoms with Crippen molar-refractivity contribution in [1.29, 1.82) is 0 Å². The molecule has 47 heavy (non-hydrogen) atoms. The number of halogens is 3. The van der Waals surface area contributed by atoms with Crippen LogP contribution in [0.1, 0.15) is 51.4 Å². The van der Waals surface area contributed by atoms with Crippen LogP contribution in [0.4, 0.5) is 18.9 Å². The number of carboxylic acid groups (broad SMARTS) is 1. The molecule has 0 spiro atoms. The van der Waals surface area contributed by atoms with Crippen LogP contribution >= 0.6 is 11.3 Å². The summed E-state index contributed by atoms with van der Waals surface area (Å²) < 4.78 is 50.8. The van der Waals surface area contributed by atoms with Crippen LogP contribution < -0.4 is 10.2 Å². The van der Waals surface area contributed by atoms with Gasteiger partial charge in [-0.05, 0) is 55.7 Å². The lowest BCUT2D eigenvalue weighted by molar-refractivity contribution is -0.139. The van der Waals surface area contributed by atoms with E-state index in [0.29, 0.717) is 27.8 Å². The number of aromatic carboxylic acids is 1. The number of ether oxygens (including phenoxy) is 1. The molecule has 0 bridgehead atoms. The van der Waals surface area contributed by atoms with Gasteiger partial charge in [-0.2, -0.15) is 0 Å². The number of aliphatic imine (C=N–C) groups is 1. The molecule has 3 aromatic rings. The number of alkyl halides is 1. The molecule has 4 heterocycles. The molecule has 0 saturated carbocycles. The number of aromatic nitrogens is 1. The number of benzene rings is 2. The van der Waals surface area contributed by atoms with Gasteiger partial charge in [0.15, 0.2) is 28.1 Å². The Kier molecular flexibility index (Phi) is 8.66. The van der Waals surface area contributed by atoms with Gasteiger partial charge < -0.3 is 20.1 Å². The zero-order valence-electron chi connectivity index (χ0n) is 25.8. The number of nitrogens with one attached hydrogen (secondary N) is 1. The molecule has 14 heteroatoms. The number of carbonyl (C=O) groups is 3. The van der Waals surface area contributed by atoms with Crippen molar-refractivity contribution in [2.24, 2.45) is 10.9 Å². The number of amides is 1. The van der Waals surface area contributed by atoms with E-state index in [4.69, 9.17) is 9.73 Å². The highest BCUT2D eigenvalue weighted by Crippen LogP contribution is 2.43. The van der Waals surface area contributed by atoms with Gasteiger partial charge >= 0.3 is 11.9 Å². The number of rotatable bonds is 8. The van der Waals surface area contributed by atoms with Gasteiger partial charge in [0.25, 0.3) is 5.91 Å². The minimum Gasteiger partial charge on any atom is -0.478 e. The van der Waals surface area contributed by atoms with Crippen LogP contribution in [0.25, 0.3) is 0 Å². The summed E-state index contributed by atoms with van der Waals surface area (Å²) in [4.78, 5) is 51.0. The van der Waals surface area contributed by atoms with E-state index in [0.717, 1.165) is 6.07 Å². The minimum atomic E-state index is -2.15. The van der Waals surface area contributed by atoms with Crippen molar-refractivity contribution in [2.45, 2.75) is 38.9 Å². The number of likely N-dealkylation sites (tertiary alicyclic amines) is 1. The summed E-state index contributed by atoms with van der Waals surface area (Å²) in [6, 6.07) is 5.91. The average Bonchev–Trinajstić information content (AvgIpc) is 3.67. The number of anilines is 1. The average molecular weight is 668 g/mol. The fourth-order valence-electron chi connectivity index (χ4n) is 6.49. The smallest absolute Gasteiger partial charge is 0.338 e. The third kappa shape index (κ3) is 5.80. The Morgan fingerprint density at radius 1 is 1.19 bits per heavy atom. The molecular weight excluding hydrogens is 635 g/mol. The van der Waals surface area contributed by atoms with Crippen molar-refractivity contribution in [3.05, 3.63) is 92.1 Å². The van der Waals surface area contributed by atoms with Gasteiger partial charge in [0.2, 0.25) is 0 Å². The molecule has 3 atom stereocenters. The Hall–Kier alpha value is -4.56. The molecule has 3 aliphatic rings. The number of nitrogens with zero attached hydrogens (tertiary/aromatic N) is 4. The largest absolute Gasteiger partial charge is 0.478 e. The topological polar surface area (TPSA) is 124 Å². The quantitative estimate of drug-likeness (QED) is 0.331. The zero-order chi connectivity index (χ0) is 33.6. The summed E-state index contributed by atoms with van der Waals surface area (Å²) in [5.41, 5.74) is -0.532. The first kappa shape index (κ1) is 32.4. The molecule has 2 N–H and O–H groups in total. The second kappa shape index (κ2) is 12.6. The van der Waals surface area contributed by atoms with E-state index in [1.807, 2.05) is 4.90 Å². The van der Waals surface area contributed by atoms with Crippen molar-refractivity contribution in [3.8, 4) is 0 Å². The van der Waals surface area contributed by atoms with Gasteiger partial charge in [-0.1, -0.05) is 12.1 Å². The SMILES string of the molecule is CCOC(=O)C1=C(CN2CC[C@]3(F)C(=O)N(c4ccc(C)c(C(=O)O)c4)C[C@@H]3C2)NC(c2nccs2)=N[C@H]1c1ccc(F)c(F)c1C. The summed E-state index contributed by atoms with van der Waals surface area (Å²) in [6.45, 7) is 5.22. The van der Waals surface area contributed by atoms with Gasteiger partial charge in [0, 0.05) is 61.5 Å². The maximum atomic E-state index is 16.4. The number of aryl methyl sites for hydroxylation is 1. The van der Waals surface area contributed by atoms with Crippen LogP contribution in [-0.4, -0.2) is 77.1 Å². The number of fused-ring (bicyclic) bond motifs is 1. The molecule has 0 radical (unpaired) electrons. The molecule has 0 unspecified atom stereocenters. The maximum absolute atomic E-state index is 16.4. The molecule has 2 aromatic carbocycles. The van der Waals surface area contributed by atoms with Crippen LogP contribution in [0.5, 0.6) is 0 Å². The molecule has 6 rings (SSSR count). The first-order chi connectivity index (χ1) is 22.4. The third-order valence-electron chi connectivity index (χ3n) is 9.00. The van der Waals surface area contributed by atoms with Crippen molar-refractivity contribution in [2.75, 3.05) is 37.7 Å². The number of amidine groups is 1. The second-order valence-corrected chi connectivity index (χ2v) is 12.7. The molecule has 2 saturated heterocycles. The molecular formula is C33H32F3N5O5S. The predicted molar refractivity (Wildman–Crippen MR) is 168 cm³/mol. The number of piperidine rings is 1. The van der Waals surface area contributed by atoms with Gasteiger partial charge in [-0.15, -0.1) is 11.3 Å². The Bertz CT molecular complexity index is 1830. The van der Waals surface area contributed by atoms with E-state index >= 15 is 4.39 Å². The molecule has 246 valence electrons. The highest BCUT2D eigenvalue weighted by atomic mass is 32.1. The Morgan fingerprint density at radius 3 is 2.68 bits per heavy atom. The van der Waals surface area contributed by atoms with Crippen LogP contribution in [0.15, 0.2) is 58.2 Å². The van der Waals surface area contributed by atoms with Crippen molar-refractivity contribution in [1.82, 2.24) is 15.2 Å². The van der Waals surface area contributed by atoms with E-state index in [9.17, 15) is 28.3 Å². The lowest BCUT2D eigenvalue weighted by atomic mass is 9.84. The Morgan fingerprint density at radius 2 is 1.98 bits per heavy atom. The van der Waals surface area contributed by atoms with E-state index < -0.39 is 47.1 Å². The van der Waals surface area contributed by atoms with Crippen LogP contribution in [0.3, 0.4) is 0 Å². The molecule has 0 aliphatic carbocycles. The van der Waals surface area contributed by atoms with Gasteiger partial charge in [0.1, 0.15) is 6.04 Å².